The third-order valence-electron chi connectivity index (χ3n) is 4.68. The van der Waals surface area contributed by atoms with Crippen molar-refractivity contribution in [3.63, 3.8) is 0 Å². The summed E-state index contributed by atoms with van der Waals surface area (Å²) in [6.07, 6.45) is 19.4. The van der Waals surface area contributed by atoms with Gasteiger partial charge in [-0.05, 0) is 32.1 Å². The predicted octanol–water partition coefficient (Wildman–Crippen LogP) is 4.42. The van der Waals surface area contributed by atoms with E-state index in [9.17, 15) is 14.4 Å². The molecule has 0 bridgehead atoms. The molecule has 164 valence electrons. The molecule has 0 aliphatic carbocycles. The molecule has 1 unspecified atom stereocenters. The number of allylic oxidation sites excluding steroid dienone is 2. The second-order valence-electron chi connectivity index (χ2n) is 7.39. The van der Waals surface area contributed by atoms with Crippen molar-refractivity contribution in [2.75, 3.05) is 0 Å². The summed E-state index contributed by atoms with van der Waals surface area (Å²) in [4.78, 5) is 33.2. The summed E-state index contributed by atoms with van der Waals surface area (Å²) in [6, 6.07) is -1.35. The Morgan fingerprint density at radius 2 is 1.28 bits per heavy atom. The molecule has 7 heteroatoms. The van der Waals surface area contributed by atoms with Crippen LogP contribution in [0.15, 0.2) is 12.2 Å². The quantitative estimate of drug-likeness (QED) is 0.163. The summed E-state index contributed by atoms with van der Waals surface area (Å²) in [5.74, 6) is -2.96. The van der Waals surface area contributed by atoms with Crippen molar-refractivity contribution in [2.45, 2.75) is 109 Å². The molecular weight excluding hydrogens is 381 g/mol. The van der Waals surface area contributed by atoms with E-state index in [1.54, 1.807) is 0 Å². The standard InChI is InChI=1S/C22H39NO5.Na.H/c1-2-3-4-5-6-7-8-9-10-11-12-13-14-15-16-17-20(24)23-19(22(27)28)18-21(25)26;;/h9-10,19H,2-8,11-18H2,1H3,(H,23,24)(H,25,26)(H,27,28);;/b10-9-;;. The monoisotopic (exact) mass is 421 g/mol. The number of amides is 1. The van der Waals surface area contributed by atoms with E-state index in [1.807, 2.05) is 0 Å². The number of hydrogen-bond donors (Lipinski definition) is 3. The van der Waals surface area contributed by atoms with Crippen molar-refractivity contribution >= 4 is 47.4 Å². The molecule has 1 atom stereocenters. The van der Waals surface area contributed by atoms with Crippen LogP contribution in [0.2, 0.25) is 0 Å². The molecule has 1 amide bonds. The average molecular weight is 422 g/mol. The molecule has 0 spiro atoms. The molecule has 0 rings (SSSR count). The fraction of sp³-hybridized carbons (Fsp3) is 0.773. The molecule has 6 nitrogen and oxygen atoms in total. The summed E-state index contributed by atoms with van der Waals surface area (Å²) >= 11 is 0. The summed E-state index contributed by atoms with van der Waals surface area (Å²) in [5.41, 5.74) is 0. The van der Waals surface area contributed by atoms with Gasteiger partial charge in [0.2, 0.25) is 5.91 Å². The van der Waals surface area contributed by atoms with E-state index < -0.39 is 30.3 Å². The Balaban J connectivity index is 0. The molecule has 0 aromatic carbocycles. The van der Waals surface area contributed by atoms with Crippen LogP contribution in [0.4, 0.5) is 0 Å². The van der Waals surface area contributed by atoms with Gasteiger partial charge in [-0.3, -0.25) is 9.59 Å². The van der Waals surface area contributed by atoms with Crippen LogP contribution >= 0.6 is 0 Å². The molecule has 0 aliphatic heterocycles. The molecule has 29 heavy (non-hydrogen) atoms. The van der Waals surface area contributed by atoms with Crippen molar-refractivity contribution in [3.8, 4) is 0 Å². The third-order valence-corrected chi connectivity index (χ3v) is 4.68. The van der Waals surface area contributed by atoms with Gasteiger partial charge in [-0.15, -0.1) is 0 Å². The first-order valence-electron chi connectivity index (χ1n) is 10.9. The van der Waals surface area contributed by atoms with E-state index in [-0.39, 0.29) is 36.0 Å². The van der Waals surface area contributed by atoms with Crippen LogP contribution in [0.3, 0.4) is 0 Å². The van der Waals surface area contributed by atoms with Crippen LogP contribution in [-0.4, -0.2) is 63.7 Å². The predicted molar refractivity (Wildman–Crippen MR) is 118 cm³/mol. The van der Waals surface area contributed by atoms with E-state index in [0.717, 1.165) is 32.1 Å². The van der Waals surface area contributed by atoms with Crippen molar-refractivity contribution in [1.29, 1.82) is 0 Å². The molecule has 0 radical (unpaired) electrons. The minimum absolute atomic E-state index is 0. The minimum atomic E-state index is -1.35. The van der Waals surface area contributed by atoms with Gasteiger partial charge in [-0.2, -0.15) is 0 Å². The Morgan fingerprint density at radius 3 is 1.76 bits per heavy atom. The van der Waals surface area contributed by atoms with Gasteiger partial charge in [0, 0.05) is 6.42 Å². The fourth-order valence-electron chi connectivity index (χ4n) is 3.00. The van der Waals surface area contributed by atoms with Gasteiger partial charge in [-0.1, -0.05) is 70.4 Å². The van der Waals surface area contributed by atoms with Gasteiger partial charge in [-0.25, -0.2) is 4.79 Å². The first-order valence-corrected chi connectivity index (χ1v) is 10.9. The van der Waals surface area contributed by atoms with Crippen LogP contribution in [0, 0.1) is 0 Å². The number of carbonyl (C=O) groups excluding carboxylic acids is 1. The van der Waals surface area contributed by atoms with Gasteiger partial charge in [0.1, 0.15) is 6.04 Å². The topological polar surface area (TPSA) is 104 Å². The molecule has 0 aromatic heterocycles. The molecule has 3 N–H and O–H groups in total. The normalized spacial score (nSPS) is 11.8. The van der Waals surface area contributed by atoms with Crippen molar-refractivity contribution in [1.82, 2.24) is 5.32 Å². The molecule has 0 heterocycles. The number of carboxylic acids is 2. The van der Waals surface area contributed by atoms with Gasteiger partial charge >= 0.3 is 41.5 Å². The van der Waals surface area contributed by atoms with Gasteiger partial charge in [0.05, 0.1) is 6.42 Å². The van der Waals surface area contributed by atoms with Crippen molar-refractivity contribution < 1.29 is 24.6 Å². The number of nitrogens with one attached hydrogen (secondary N) is 1. The van der Waals surface area contributed by atoms with Crippen molar-refractivity contribution in [2.24, 2.45) is 0 Å². The molecule has 0 saturated heterocycles. The van der Waals surface area contributed by atoms with Crippen LogP contribution in [0.5, 0.6) is 0 Å². The first-order chi connectivity index (χ1) is 13.5. The molecule has 0 fully saturated rings. The number of aliphatic carboxylic acids is 2. The number of hydrogen-bond acceptors (Lipinski definition) is 3. The molecule has 0 saturated carbocycles. The zero-order chi connectivity index (χ0) is 21.0. The van der Waals surface area contributed by atoms with Crippen LogP contribution in [0.1, 0.15) is 103 Å². The Hall–Kier alpha value is -0.850. The summed E-state index contributed by atoms with van der Waals surface area (Å²) < 4.78 is 0. The van der Waals surface area contributed by atoms with Gasteiger partial charge in [0.15, 0.2) is 0 Å². The van der Waals surface area contributed by atoms with Crippen LogP contribution < -0.4 is 5.32 Å². The number of rotatable bonds is 19. The Bertz CT molecular complexity index is 468. The Labute approximate surface area is 198 Å². The van der Waals surface area contributed by atoms with E-state index >= 15 is 0 Å². The summed E-state index contributed by atoms with van der Waals surface area (Å²) in [5, 5.41) is 19.8. The van der Waals surface area contributed by atoms with Crippen molar-refractivity contribution in [3.05, 3.63) is 12.2 Å². The SMILES string of the molecule is CCCCCCCC/C=C\CCCCCCCC(=O)NC(CC(=O)O)C(=O)O.[NaH]. The molecule has 0 aliphatic rings. The average Bonchev–Trinajstić information content (AvgIpc) is 2.64. The van der Waals surface area contributed by atoms with E-state index in [0.29, 0.717) is 6.42 Å². The molecule has 0 aromatic rings. The third kappa shape index (κ3) is 21.7. The zero-order valence-electron chi connectivity index (χ0n) is 17.5. The van der Waals surface area contributed by atoms with E-state index in [4.69, 9.17) is 10.2 Å². The number of carbonyl (C=O) groups is 3. The second kappa shape index (κ2) is 21.8. The van der Waals surface area contributed by atoms with Crippen LogP contribution in [-0.2, 0) is 14.4 Å². The summed E-state index contributed by atoms with van der Waals surface area (Å²) in [7, 11) is 0. The zero-order valence-corrected chi connectivity index (χ0v) is 17.5. The fourth-order valence-corrected chi connectivity index (χ4v) is 3.00. The number of carboxylic acid groups (broad SMARTS) is 2. The number of unbranched alkanes of at least 4 members (excludes halogenated alkanes) is 11. The Kier molecular flexibility index (Phi) is 22.9. The first kappa shape index (κ1) is 30.3. The van der Waals surface area contributed by atoms with E-state index in [2.05, 4.69) is 24.4 Å². The van der Waals surface area contributed by atoms with E-state index in [1.165, 1.54) is 44.9 Å². The van der Waals surface area contributed by atoms with Crippen LogP contribution in [0.25, 0.3) is 0 Å². The summed E-state index contributed by atoms with van der Waals surface area (Å²) in [6.45, 7) is 2.24. The van der Waals surface area contributed by atoms with Gasteiger partial charge < -0.3 is 15.5 Å². The maximum absolute atomic E-state index is 11.7. The second-order valence-corrected chi connectivity index (χ2v) is 7.39. The van der Waals surface area contributed by atoms with Gasteiger partial charge in [0.25, 0.3) is 0 Å². The molecular formula is C22H40NNaO5. The maximum atomic E-state index is 11.7. The Morgan fingerprint density at radius 1 is 0.793 bits per heavy atom.